The molecule has 0 amide bonds. The molecule has 0 saturated carbocycles. The van der Waals surface area contributed by atoms with E-state index in [1.807, 2.05) is 0 Å². The van der Waals surface area contributed by atoms with Gasteiger partial charge in [0.25, 0.3) is 0 Å². The molecule has 6 heteroatoms. The average Bonchev–Trinajstić information content (AvgIpc) is 3.15. The van der Waals surface area contributed by atoms with Crippen LogP contribution in [0.4, 0.5) is 0 Å². The molecule has 0 aliphatic carbocycles. The summed E-state index contributed by atoms with van der Waals surface area (Å²) < 4.78 is 16.7. The van der Waals surface area contributed by atoms with Gasteiger partial charge in [0.2, 0.25) is 0 Å². The summed E-state index contributed by atoms with van der Waals surface area (Å²) in [7, 11) is 0. The van der Waals surface area contributed by atoms with Crippen molar-refractivity contribution >= 4 is 17.9 Å². The zero-order chi connectivity index (χ0) is 39.6. The van der Waals surface area contributed by atoms with Crippen LogP contribution in [0.15, 0.2) is 0 Å². The van der Waals surface area contributed by atoms with Crippen LogP contribution >= 0.6 is 0 Å². The van der Waals surface area contributed by atoms with Gasteiger partial charge in [-0.05, 0) is 25.2 Å². The summed E-state index contributed by atoms with van der Waals surface area (Å²) in [6.45, 7) is 8.95. The molecule has 0 fully saturated rings. The molecular formula is C48H92O6. The lowest BCUT2D eigenvalue weighted by atomic mass is 10.0. The standard InChI is InChI=1S/C48H92O6/c1-5-7-9-11-13-15-17-18-19-20-21-22-24-28-33-37-41-48(51)54-45(42-52-46(49)39-35-31-27-23-16-14-12-10-8-6-2)43-53-47(50)40-36-32-29-25-26-30-34-38-44(3)4/h44-45H,5-43H2,1-4H3/t45-/m0/s1. The molecule has 0 aliphatic rings. The molecule has 0 rings (SSSR count). The van der Waals surface area contributed by atoms with Gasteiger partial charge < -0.3 is 14.2 Å². The van der Waals surface area contributed by atoms with E-state index in [4.69, 9.17) is 14.2 Å². The summed E-state index contributed by atoms with van der Waals surface area (Å²) in [6.07, 6.45) is 42.4. The van der Waals surface area contributed by atoms with Crippen LogP contribution in [0.2, 0.25) is 0 Å². The van der Waals surface area contributed by atoms with E-state index in [1.165, 1.54) is 161 Å². The predicted molar refractivity (Wildman–Crippen MR) is 229 cm³/mol. The molecular weight excluding hydrogens is 673 g/mol. The Morgan fingerprint density at radius 2 is 0.611 bits per heavy atom. The van der Waals surface area contributed by atoms with Crippen LogP contribution in [0.25, 0.3) is 0 Å². The minimum atomic E-state index is -0.759. The summed E-state index contributed by atoms with van der Waals surface area (Å²) in [4.78, 5) is 37.7. The van der Waals surface area contributed by atoms with Crippen LogP contribution in [-0.4, -0.2) is 37.2 Å². The second-order valence-electron chi connectivity index (χ2n) is 16.9. The van der Waals surface area contributed by atoms with Crippen LogP contribution in [-0.2, 0) is 28.6 Å². The minimum Gasteiger partial charge on any atom is -0.462 e. The third-order valence-electron chi connectivity index (χ3n) is 10.8. The molecule has 0 spiro atoms. The van der Waals surface area contributed by atoms with Gasteiger partial charge in [-0.1, -0.05) is 227 Å². The van der Waals surface area contributed by atoms with Crippen molar-refractivity contribution in [2.45, 2.75) is 271 Å². The van der Waals surface area contributed by atoms with Crippen molar-refractivity contribution in [2.75, 3.05) is 13.2 Å². The van der Waals surface area contributed by atoms with Gasteiger partial charge in [0.1, 0.15) is 13.2 Å². The highest BCUT2D eigenvalue weighted by atomic mass is 16.6. The first-order valence-electron chi connectivity index (χ1n) is 23.9. The summed E-state index contributed by atoms with van der Waals surface area (Å²) in [6, 6.07) is 0. The smallest absolute Gasteiger partial charge is 0.306 e. The van der Waals surface area contributed by atoms with Gasteiger partial charge in [-0.25, -0.2) is 0 Å². The number of hydrogen-bond acceptors (Lipinski definition) is 6. The van der Waals surface area contributed by atoms with Crippen LogP contribution in [0.3, 0.4) is 0 Å². The van der Waals surface area contributed by atoms with Gasteiger partial charge in [0, 0.05) is 19.3 Å². The molecule has 0 N–H and O–H groups in total. The zero-order valence-corrected chi connectivity index (χ0v) is 36.7. The van der Waals surface area contributed by atoms with Crippen molar-refractivity contribution in [1.29, 1.82) is 0 Å². The lowest BCUT2D eigenvalue weighted by molar-refractivity contribution is -0.167. The molecule has 6 nitrogen and oxygen atoms in total. The quantitative estimate of drug-likeness (QED) is 0.0349. The lowest BCUT2D eigenvalue weighted by Gasteiger charge is -2.18. The van der Waals surface area contributed by atoms with Crippen LogP contribution in [0.5, 0.6) is 0 Å². The maximum Gasteiger partial charge on any atom is 0.306 e. The first-order valence-corrected chi connectivity index (χ1v) is 23.9. The fourth-order valence-electron chi connectivity index (χ4n) is 7.16. The molecule has 0 bridgehead atoms. The summed E-state index contributed by atoms with van der Waals surface area (Å²) in [5.74, 6) is -0.0730. The van der Waals surface area contributed by atoms with Crippen molar-refractivity contribution in [3.05, 3.63) is 0 Å². The van der Waals surface area contributed by atoms with Crippen LogP contribution in [0, 0.1) is 5.92 Å². The highest BCUT2D eigenvalue weighted by Crippen LogP contribution is 2.16. The van der Waals surface area contributed by atoms with E-state index in [9.17, 15) is 14.4 Å². The maximum atomic E-state index is 12.7. The molecule has 1 atom stereocenters. The Hall–Kier alpha value is -1.59. The molecule has 54 heavy (non-hydrogen) atoms. The number of carbonyl (C=O) groups excluding carboxylic acids is 3. The van der Waals surface area contributed by atoms with Crippen molar-refractivity contribution in [3.63, 3.8) is 0 Å². The van der Waals surface area contributed by atoms with Crippen LogP contribution < -0.4 is 0 Å². The molecule has 320 valence electrons. The molecule has 0 aromatic heterocycles. The van der Waals surface area contributed by atoms with Gasteiger partial charge in [-0.15, -0.1) is 0 Å². The molecule has 0 unspecified atom stereocenters. The largest absolute Gasteiger partial charge is 0.462 e. The highest BCUT2D eigenvalue weighted by Gasteiger charge is 2.19. The average molecular weight is 765 g/mol. The monoisotopic (exact) mass is 765 g/mol. The SMILES string of the molecule is CCCCCCCCCCCCCCCCCCC(=O)O[C@@H](COC(=O)CCCCCCCCCCCC)COC(=O)CCCCCCCCCC(C)C. The lowest BCUT2D eigenvalue weighted by Crippen LogP contribution is -2.30. The summed E-state index contributed by atoms with van der Waals surface area (Å²) in [5, 5.41) is 0. The summed E-state index contributed by atoms with van der Waals surface area (Å²) >= 11 is 0. The Kier molecular flexibility index (Phi) is 41.3. The molecule has 0 heterocycles. The predicted octanol–water partition coefficient (Wildman–Crippen LogP) is 15.1. The number of carbonyl (C=O) groups is 3. The second kappa shape index (κ2) is 42.6. The van der Waals surface area contributed by atoms with Gasteiger partial charge in [0.15, 0.2) is 6.10 Å². The molecule has 0 aromatic rings. The number of ether oxygens (including phenoxy) is 3. The molecule has 0 radical (unpaired) electrons. The first kappa shape index (κ1) is 52.4. The van der Waals surface area contributed by atoms with Gasteiger partial charge in [-0.2, -0.15) is 0 Å². The van der Waals surface area contributed by atoms with E-state index in [0.717, 1.165) is 63.7 Å². The van der Waals surface area contributed by atoms with Gasteiger partial charge in [-0.3, -0.25) is 14.4 Å². The van der Waals surface area contributed by atoms with E-state index in [-0.39, 0.29) is 31.1 Å². The Morgan fingerprint density at radius 1 is 0.352 bits per heavy atom. The minimum absolute atomic E-state index is 0.0641. The summed E-state index contributed by atoms with van der Waals surface area (Å²) in [5.41, 5.74) is 0. The molecule has 0 aromatic carbocycles. The van der Waals surface area contributed by atoms with Crippen molar-refractivity contribution in [1.82, 2.24) is 0 Å². The first-order chi connectivity index (χ1) is 26.4. The van der Waals surface area contributed by atoms with Gasteiger partial charge in [0.05, 0.1) is 0 Å². The van der Waals surface area contributed by atoms with E-state index in [1.54, 1.807) is 0 Å². The van der Waals surface area contributed by atoms with Crippen molar-refractivity contribution in [3.8, 4) is 0 Å². The van der Waals surface area contributed by atoms with Crippen molar-refractivity contribution in [2.24, 2.45) is 5.92 Å². The third-order valence-corrected chi connectivity index (χ3v) is 10.8. The van der Waals surface area contributed by atoms with Gasteiger partial charge >= 0.3 is 17.9 Å². The number of esters is 3. The molecule has 0 saturated heterocycles. The second-order valence-corrected chi connectivity index (χ2v) is 16.9. The van der Waals surface area contributed by atoms with Crippen LogP contribution in [0.1, 0.15) is 265 Å². The Balaban J connectivity index is 4.29. The fourth-order valence-corrected chi connectivity index (χ4v) is 7.16. The zero-order valence-electron chi connectivity index (χ0n) is 36.7. The Morgan fingerprint density at radius 3 is 0.907 bits per heavy atom. The van der Waals surface area contributed by atoms with E-state index < -0.39 is 6.10 Å². The topological polar surface area (TPSA) is 78.9 Å². The fraction of sp³-hybridized carbons (Fsp3) is 0.938. The van der Waals surface area contributed by atoms with Crippen molar-refractivity contribution < 1.29 is 28.6 Å². The van der Waals surface area contributed by atoms with E-state index in [0.29, 0.717) is 19.3 Å². The highest BCUT2D eigenvalue weighted by molar-refractivity contribution is 5.71. The maximum absolute atomic E-state index is 12.7. The van der Waals surface area contributed by atoms with E-state index >= 15 is 0 Å². The molecule has 0 aliphatic heterocycles. The van der Waals surface area contributed by atoms with E-state index in [2.05, 4.69) is 27.7 Å². The Bertz CT molecular complexity index is 811. The number of rotatable bonds is 43. The third kappa shape index (κ3) is 41.6. The number of hydrogen-bond donors (Lipinski definition) is 0. The normalized spacial score (nSPS) is 11.9. The Labute approximate surface area is 336 Å². The number of unbranched alkanes of at least 4 members (excludes halogenated alkanes) is 30.